The smallest absolute Gasteiger partial charge is 0.142 e. The standard InChI is InChI=1S/C11H12N2O/c1-14-9-4-2-7-13-10(9)11(8-12)5-3-6-11/h2,4,7H,3,5-6H2,1H3. The molecule has 0 unspecified atom stereocenters. The average molecular weight is 188 g/mol. The molecule has 0 aliphatic heterocycles. The van der Waals surface area contributed by atoms with Crippen LogP contribution in [0.1, 0.15) is 25.0 Å². The van der Waals surface area contributed by atoms with Crippen LogP contribution in [0.25, 0.3) is 0 Å². The summed E-state index contributed by atoms with van der Waals surface area (Å²) >= 11 is 0. The highest BCUT2D eigenvalue weighted by atomic mass is 16.5. The fourth-order valence-electron chi connectivity index (χ4n) is 1.85. The van der Waals surface area contributed by atoms with Crippen molar-refractivity contribution in [1.29, 1.82) is 5.26 Å². The highest BCUT2D eigenvalue weighted by Gasteiger charge is 2.42. The van der Waals surface area contributed by atoms with Crippen LogP contribution in [0.15, 0.2) is 18.3 Å². The third-order valence-electron chi connectivity index (χ3n) is 2.87. The van der Waals surface area contributed by atoms with Gasteiger partial charge in [0.25, 0.3) is 0 Å². The van der Waals surface area contributed by atoms with Crippen molar-refractivity contribution in [2.75, 3.05) is 7.11 Å². The van der Waals surface area contributed by atoms with Gasteiger partial charge in [-0.2, -0.15) is 5.26 Å². The van der Waals surface area contributed by atoms with Gasteiger partial charge in [0, 0.05) is 6.20 Å². The van der Waals surface area contributed by atoms with Crippen LogP contribution in [0.4, 0.5) is 0 Å². The Morgan fingerprint density at radius 2 is 2.36 bits per heavy atom. The number of hydrogen-bond donors (Lipinski definition) is 0. The summed E-state index contributed by atoms with van der Waals surface area (Å²) in [5.74, 6) is 0.730. The van der Waals surface area contributed by atoms with Gasteiger partial charge in [-0.3, -0.25) is 4.98 Å². The average Bonchev–Trinajstić information content (AvgIpc) is 2.18. The van der Waals surface area contributed by atoms with Gasteiger partial charge in [0.15, 0.2) is 0 Å². The van der Waals surface area contributed by atoms with Crippen molar-refractivity contribution in [3.8, 4) is 11.8 Å². The molecule has 1 aliphatic rings. The maximum atomic E-state index is 9.16. The zero-order chi connectivity index (χ0) is 10.0. The third kappa shape index (κ3) is 1.15. The van der Waals surface area contributed by atoms with E-state index in [1.54, 1.807) is 13.3 Å². The van der Waals surface area contributed by atoms with Crippen molar-refractivity contribution in [3.05, 3.63) is 24.0 Å². The highest BCUT2D eigenvalue weighted by molar-refractivity contribution is 5.40. The Morgan fingerprint density at radius 1 is 1.57 bits per heavy atom. The van der Waals surface area contributed by atoms with Crippen LogP contribution in [0.5, 0.6) is 5.75 Å². The first-order valence-corrected chi connectivity index (χ1v) is 4.73. The minimum atomic E-state index is -0.382. The second-order valence-corrected chi connectivity index (χ2v) is 3.60. The Labute approximate surface area is 83.3 Å². The summed E-state index contributed by atoms with van der Waals surface area (Å²) in [5.41, 5.74) is 0.420. The molecular formula is C11H12N2O. The van der Waals surface area contributed by atoms with E-state index < -0.39 is 0 Å². The first-order chi connectivity index (χ1) is 6.82. The summed E-state index contributed by atoms with van der Waals surface area (Å²) in [5, 5.41) is 9.16. The quantitative estimate of drug-likeness (QED) is 0.713. The number of nitriles is 1. The Balaban J connectivity index is 2.45. The molecule has 1 aromatic rings. The third-order valence-corrected chi connectivity index (χ3v) is 2.87. The number of hydrogen-bond acceptors (Lipinski definition) is 3. The molecule has 72 valence electrons. The molecule has 1 saturated carbocycles. The molecule has 1 heterocycles. The Kier molecular flexibility index (Phi) is 2.12. The van der Waals surface area contributed by atoms with Gasteiger partial charge in [0.1, 0.15) is 16.9 Å². The summed E-state index contributed by atoms with van der Waals surface area (Å²) < 4.78 is 5.22. The lowest BCUT2D eigenvalue weighted by atomic mass is 9.67. The van der Waals surface area contributed by atoms with Gasteiger partial charge in [-0.15, -0.1) is 0 Å². The van der Waals surface area contributed by atoms with Crippen LogP contribution in [0.2, 0.25) is 0 Å². The lowest BCUT2D eigenvalue weighted by Gasteiger charge is -2.35. The molecule has 1 aromatic heterocycles. The van der Waals surface area contributed by atoms with E-state index in [2.05, 4.69) is 11.1 Å². The van der Waals surface area contributed by atoms with Crippen LogP contribution in [-0.2, 0) is 5.41 Å². The van der Waals surface area contributed by atoms with Crippen molar-refractivity contribution in [1.82, 2.24) is 4.98 Å². The van der Waals surface area contributed by atoms with Gasteiger partial charge in [-0.1, -0.05) is 0 Å². The molecule has 0 spiro atoms. The summed E-state index contributed by atoms with van der Waals surface area (Å²) in [6.45, 7) is 0. The maximum absolute atomic E-state index is 9.16. The van der Waals surface area contributed by atoms with E-state index in [0.29, 0.717) is 0 Å². The lowest BCUT2D eigenvalue weighted by Crippen LogP contribution is -2.33. The largest absolute Gasteiger partial charge is 0.495 e. The van der Waals surface area contributed by atoms with Crippen LogP contribution < -0.4 is 4.74 Å². The fraction of sp³-hybridized carbons (Fsp3) is 0.455. The van der Waals surface area contributed by atoms with Crippen LogP contribution in [-0.4, -0.2) is 12.1 Å². The molecule has 0 saturated heterocycles. The van der Waals surface area contributed by atoms with Gasteiger partial charge in [0.05, 0.1) is 13.2 Å². The van der Waals surface area contributed by atoms with Gasteiger partial charge in [-0.05, 0) is 31.4 Å². The molecule has 0 aromatic carbocycles. The molecule has 0 bridgehead atoms. The SMILES string of the molecule is COc1cccnc1C1(C#N)CCC1. The van der Waals surface area contributed by atoms with E-state index >= 15 is 0 Å². The van der Waals surface area contributed by atoms with Crippen LogP contribution in [0.3, 0.4) is 0 Å². The Morgan fingerprint density at radius 3 is 2.86 bits per heavy atom. The van der Waals surface area contributed by atoms with Crippen molar-refractivity contribution in [2.45, 2.75) is 24.7 Å². The number of ether oxygens (including phenoxy) is 1. The van der Waals surface area contributed by atoms with Crippen molar-refractivity contribution >= 4 is 0 Å². The van der Waals surface area contributed by atoms with E-state index in [-0.39, 0.29) is 5.41 Å². The zero-order valence-electron chi connectivity index (χ0n) is 8.16. The molecular weight excluding hydrogens is 176 g/mol. The van der Waals surface area contributed by atoms with E-state index in [9.17, 15) is 0 Å². The van der Waals surface area contributed by atoms with Crippen molar-refractivity contribution in [2.24, 2.45) is 0 Å². The predicted octanol–water partition coefficient (Wildman–Crippen LogP) is 2.04. The summed E-state index contributed by atoms with van der Waals surface area (Å²) in [7, 11) is 1.62. The van der Waals surface area contributed by atoms with Gasteiger partial charge >= 0.3 is 0 Å². The molecule has 3 nitrogen and oxygen atoms in total. The second kappa shape index (κ2) is 3.30. The first kappa shape index (κ1) is 9.01. The summed E-state index contributed by atoms with van der Waals surface area (Å²) in [6, 6.07) is 6.05. The zero-order valence-corrected chi connectivity index (χ0v) is 8.16. The minimum Gasteiger partial charge on any atom is -0.495 e. The van der Waals surface area contributed by atoms with Crippen LogP contribution in [0, 0.1) is 11.3 Å². The van der Waals surface area contributed by atoms with Crippen molar-refractivity contribution in [3.63, 3.8) is 0 Å². The van der Waals surface area contributed by atoms with Gasteiger partial charge < -0.3 is 4.74 Å². The molecule has 14 heavy (non-hydrogen) atoms. The summed E-state index contributed by atoms with van der Waals surface area (Å²) in [4.78, 5) is 4.27. The molecule has 0 radical (unpaired) electrons. The molecule has 3 heteroatoms. The number of nitrogens with zero attached hydrogens (tertiary/aromatic N) is 2. The van der Waals surface area contributed by atoms with Crippen molar-refractivity contribution < 1.29 is 4.74 Å². The predicted molar refractivity (Wildman–Crippen MR) is 51.9 cm³/mol. The van der Waals surface area contributed by atoms with Gasteiger partial charge in [-0.25, -0.2) is 0 Å². The normalized spacial score (nSPS) is 18.0. The Bertz CT molecular complexity index is 377. The fourth-order valence-corrected chi connectivity index (χ4v) is 1.85. The molecule has 0 amide bonds. The number of aromatic nitrogens is 1. The molecule has 2 rings (SSSR count). The number of pyridine rings is 1. The maximum Gasteiger partial charge on any atom is 0.142 e. The number of rotatable bonds is 2. The number of methoxy groups -OCH3 is 1. The monoisotopic (exact) mass is 188 g/mol. The van der Waals surface area contributed by atoms with E-state index in [1.807, 2.05) is 12.1 Å². The summed E-state index contributed by atoms with van der Waals surface area (Å²) in [6.07, 6.45) is 4.62. The van der Waals surface area contributed by atoms with E-state index in [0.717, 1.165) is 30.7 Å². The molecule has 1 fully saturated rings. The minimum absolute atomic E-state index is 0.382. The lowest BCUT2D eigenvalue weighted by molar-refractivity contribution is 0.298. The highest BCUT2D eigenvalue weighted by Crippen LogP contribution is 2.45. The van der Waals surface area contributed by atoms with E-state index in [1.165, 1.54) is 0 Å². The van der Waals surface area contributed by atoms with Crippen LogP contribution >= 0.6 is 0 Å². The van der Waals surface area contributed by atoms with Gasteiger partial charge in [0.2, 0.25) is 0 Å². The topological polar surface area (TPSA) is 45.9 Å². The second-order valence-electron chi connectivity index (χ2n) is 3.60. The Hall–Kier alpha value is -1.56. The molecule has 0 N–H and O–H groups in total. The molecule has 1 aliphatic carbocycles. The van der Waals surface area contributed by atoms with E-state index in [4.69, 9.17) is 10.00 Å². The molecule has 0 atom stereocenters. The first-order valence-electron chi connectivity index (χ1n) is 4.73.